The molecule has 0 aromatic heterocycles. The molecule has 0 aliphatic carbocycles. The van der Waals surface area contributed by atoms with Gasteiger partial charge in [0, 0.05) is 5.71 Å². The lowest BCUT2D eigenvalue weighted by molar-refractivity contribution is 0.921. The van der Waals surface area contributed by atoms with Gasteiger partial charge in [-0.1, -0.05) is 55.8 Å². The molecule has 0 saturated heterocycles. The number of rotatable bonds is 4. The van der Waals surface area contributed by atoms with E-state index in [2.05, 4.69) is 69.3 Å². The van der Waals surface area contributed by atoms with Crippen LogP contribution in [0.3, 0.4) is 0 Å². The summed E-state index contributed by atoms with van der Waals surface area (Å²) in [6.07, 6.45) is 2.23. The molecule has 0 amide bonds. The van der Waals surface area contributed by atoms with E-state index in [9.17, 15) is 0 Å². The van der Waals surface area contributed by atoms with Gasteiger partial charge in [0.25, 0.3) is 0 Å². The zero-order chi connectivity index (χ0) is 13.7. The number of aryl methyl sites for hydroxylation is 2. The highest BCUT2D eigenvalue weighted by atomic mass is 14.7. The molecule has 0 unspecified atom stereocenters. The SMILES string of the molecule is CCCc1ccccc1N=C(C)c1ccccc1C. The van der Waals surface area contributed by atoms with Gasteiger partial charge in [0.05, 0.1) is 5.69 Å². The summed E-state index contributed by atoms with van der Waals surface area (Å²) < 4.78 is 0. The van der Waals surface area contributed by atoms with Crippen molar-refractivity contribution >= 4 is 11.4 Å². The average molecular weight is 251 g/mol. The van der Waals surface area contributed by atoms with E-state index in [1.54, 1.807) is 0 Å². The maximum atomic E-state index is 4.83. The molecule has 0 atom stereocenters. The Kier molecular flexibility index (Phi) is 4.51. The lowest BCUT2D eigenvalue weighted by Gasteiger charge is -2.08. The van der Waals surface area contributed by atoms with Gasteiger partial charge in [-0.3, -0.25) is 4.99 Å². The zero-order valence-electron chi connectivity index (χ0n) is 12.0. The number of hydrogen-bond donors (Lipinski definition) is 0. The normalized spacial score (nSPS) is 11.6. The Hall–Kier alpha value is -1.89. The van der Waals surface area contributed by atoms with E-state index >= 15 is 0 Å². The van der Waals surface area contributed by atoms with E-state index in [0.717, 1.165) is 24.2 Å². The van der Waals surface area contributed by atoms with Crippen molar-refractivity contribution in [1.82, 2.24) is 0 Å². The van der Waals surface area contributed by atoms with Crippen LogP contribution in [0.4, 0.5) is 5.69 Å². The van der Waals surface area contributed by atoms with E-state index in [0.29, 0.717) is 0 Å². The molecule has 0 spiro atoms. The Bertz CT molecular complexity index is 582. The number of benzene rings is 2. The first-order chi connectivity index (χ1) is 9.22. The summed E-state index contributed by atoms with van der Waals surface area (Å²) in [5.41, 5.74) is 6.02. The van der Waals surface area contributed by atoms with Crippen molar-refractivity contribution in [3.63, 3.8) is 0 Å². The van der Waals surface area contributed by atoms with Crippen molar-refractivity contribution < 1.29 is 0 Å². The Labute approximate surface area is 116 Å². The molecule has 1 nitrogen and oxygen atoms in total. The summed E-state index contributed by atoms with van der Waals surface area (Å²) in [6, 6.07) is 16.8. The fourth-order valence-electron chi connectivity index (χ4n) is 2.32. The molecule has 0 radical (unpaired) electrons. The van der Waals surface area contributed by atoms with Crippen molar-refractivity contribution in [2.75, 3.05) is 0 Å². The van der Waals surface area contributed by atoms with Crippen molar-refractivity contribution in [2.24, 2.45) is 4.99 Å². The van der Waals surface area contributed by atoms with Gasteiger partial charge in [-0.25, -0.2) is 0 Å². The molecular formula is C18H21N. The van der Waals surface area contributed by atoms with Crippen LogP contribution in [0, 0.1) is 6.92 Å². The van der Waals surface area contributed by atoms with Crippen LogP contribution in [0.2, 0.25) is 0 Å². The molecule has 0 saturated carbocycles. The summed E-state index contributed by atoms with van der Waals surface area (Å²) in [7, 11) is 0. The molecule has 0 N–H and O–H groups in total. The predicted octanol–water partition coefficient (Wildman–Crippen LogP) is 5.09. The minimum atomic E-state index is 1.08. The van der Waals surface area contributed by atoms with Crippen molar-refractivity contribution in [1.29, 1.82) is 0 Å². The minimum Gasteiger partial charge on any atom is -0.253 e. The molecular weight excluding hydrogens is 230 g/mol. The third-order valence-electron chi connectivity index (χ3n) is 3.33. The zero-order valence-corrected chi connectivity index (χ0v) is 12.0. The first-order valence-corrected chi connectivity index (χ1v) is 6.91. The average Bonchev–Trinajstić information content (AvgIpc) is 2.41. The molecule has 1 heteroatoms. The summed E-state index contributed by atoms with van der Waals surface area (Å²) in [5, 5.41) is 0. The van der Waals surface area contributed by atoms with Crippen LogP contribution in [0.25, 0.3) is 0 Å². The molecule has 0 fully saturated rings. The molecule has 0 aliphatic heterocycles. The van der Waals surface area contributed by atoms with Gasteiger partial charge in [-0.15, -0.1) is 0 Å². The molecule has 98 valence electrons. The predicted molar refractivity (Wildman–Crippen MR) is 83.5 cm³/mol. The Balaban J connectivity index is 2.38. The van der Waals surface area contributed by atoms with Crippen molar-refractivity contribution in [3.8, 4) is 0 Å². The highest BCUT2D eigenvalue weighted by Crippen LogP contribution is 2.22. The first kappa shape index (κ1) is 13.5. The van der Waals surface area contributed by atoms with Crippen LogP contribution in [-0.4, -0.2) is 5.71 Å². The van der Waals surface area contributed by atoms with E-state index in [1.807, 2.05) is 0 Å². The molecule has 0 aliphatic rings. The second-order valence-electron chi connectivity index (χ2n) is 4.89. The van der Waals surface area contributed by atoms with Crippen LogP contribution in [0.15, 0.2) is 53.5 Å². The second kappa shape index (κ2) is 6.33. The lowest BCUT2D eigenvalue weighted by atomic mass is 10.0. The third kappa shape index (κ3) is 3.31. The van der Waals surface area contributed by atoms with Gasteiger partial charge in [0.1, 0.15) is 0 Å². The van der Waals surface area contributed by atoms with Gasteiger partial charge >= 0.3 is 0 Å². The summed E-state index contributed by atoms with van der Waals surface area (Å²) in [6.45, 7) is 6.42. The monoisotopic (exact) mass is 251 g/mol. The topological polar surface area (TPSA) is 12.4 Å². The second-order valence-corrected chi connectivity index (χ2v) is 4.89. The highest BCUT2D eigenvalue weighted by Gasteiger charge is 2.03. The molecule has 2 aromatic carbocycles. The van der Waals surface area contributed by atoms with Gasteiger partial charge in [-0.2, -0.15) is 0 Å². The fraction of sp³-hybridized carbons (Fsp3) is 0.278. The van der Waals surface area contributed by atoms with Crippen molar-refractivity contribution in [3.05, 3.63) is 65.2 Å². The maximum Gasteiger partial charge on any atom is 0.0665 e. The number of nitrogens with zero attached hydrogens (tertiary/aromatic N) is 1. The van der Waals surface area contributed by atoms with E-state index < -0.39 is 0 Å². The molecule has 19 heavy (non-hydrogen) atoms. The Morgan fingerprint density at radius 2 is 1.68 bits per heavy atom. The fourth-order valence-corrected chi connectivity index (χ4v) is 2.32. The largest absolute Gasteiger partial charge is 0.253 e. The van der Waals surface area contributed by atoms with Crippen LogP contribution in [0.5, 0.6) is 0 Å². The molecule has 2 aromatic rings. The Morgan fingerprint density at radius 3 is 2.42 bits per heavy atom. The van der Waals surface area contributed by atoms with E-state index in [-0.39, 0.29) is 0 Å². The van der Waals surface area contributed by atoms with Crippen molar-refractivity contribution in [2.45, 2.75) is 33.6 Å². The Morgan fingerprint density at radius 1 is 1.00 bits per heavy atom. The van der Waals surface area contributed by atoms with E-state index in [1.165, 1.54) is 16.7 Å². The van der Waals surface area contributed by atoms with E-state index in [4.69, 9.17) is 4.99 Å². The summed E-state index contributed by atoms with van der Waals surface area (Å²) >= 11 is 0. The summed E-state index contributed by atoms with van der Waals surface area (Å²) in [5.74, 6) is 0. The van der Waals surface area contributed by atoms with Crippen LogP contribution >= 0.6 is 0 Å². The quantitative estimate of drug-likeness (QED) is 0.671. The molecule has 2 rings (SSSR count). The van der Waals surface area contributed by atoms with Crippen LogP contribution in [-0.2, 0) is 6.42 Å². The standard InChI is InChI=1S/C18H21N/c1-4-9-16-11-6-8-13-18(16)19-15(3)17-12-7-5-10-14(17)2/h5-8,10-13H,4,9H2,1-3H3. The lowest BCUT2D eigenvalue weighted by Crippen LogP contribution is -1.97. The maximum absolute atomic E-state index is 4.83. The molecule has 0 heterocycles. The summed E-state index contributed by atoms with van der Waals surface area (Å²) in [4.78, 5) is 4.83. The van der Waals surface area contributed by atoms with Gasteiger partial charge < -0.3 is 0 Å². The number of para-hydroxylation sites is 1. The highest BCUT2D eigenvalue weighted by molar-refractivity contribution is 6.01. The number of aliphatic imine (C=N–C) groups is 1. The number of hydrogen-bond acceptors (Lipinski definition) is 1. The first-order valence-electron chi connectivity index (χ1n) is 6.91. The van der Waals surface area contributed by atoms with Crippen LogP contribution < -0.4 is 0 Å². The van der Waals surface area contributed by atoms with Gasteiger partial charge in [-0.05, 0) is 43.0 Å². The smallest absolute Gasteiger partial charge is 0.0665 e. The minimum absolute atomic E-state index is 1.08. The van der Waals surface area contributed by atoms with Gasteiger partial charge in [0.15, 0.2) is 0 Å². The van der Waals surface area contributed by atoms with Gasteiger partial charge in [0.2, 0.25) is 0 Å². The molecule has 0 bridgehead atoms. The third-order valence-corrected chi connectivity index (χ3v) is 3.33. The van der Waals surface area contributed by atoms with Crippen LogP contribution in [0.1, 0.15) is 37.0 Å².